The summed E-state index contributed by atoms with van der Waals surface area (Å²) in [5, 5.41) is 3.03. The molecule has 4 heteroatoms. The zero-order valence-electron chi connectivity index (χ0n) is 9.59. The van der Waals surface area contributed by atoms with E-state index in [0.717, 1.165) is 25.8 Å². The zero-order chi connectivity index (χ0) is 11.4. The van der Waals surface area contributed by atoms with Crippen LogP contribution < -0.4 is 21.1 Å². The van der Waals surface area contributed by atoms with Crippen LogP contribution in [-0.2, 0) is 0 Å². The van der Waals surface area contributed by atoms with Crippen LogP contribution in [0.2, 0.25) is 0 Å². The van der Waals surface area contributed by atoms with Gasteiger partial charge in [0.25, 0.3) is 10.9 Å². The molecule has 0 saturated carbocycles. The SMILES string of the molecule is CCCCCNc1c(N(C)C)c(=O)c1=O. The number of nitrogens with one attached hydrogen (secondary N) is 1. The molecule has 84 valence electrons. The molecule has 0 unspecified atom stereocenters. The van der Waals surface area contributed by atoms with E-state index in [1.54, 1.807) is 19.0 Å². The van der Waals surface area contributed by atoms with Crippen LogP contribution in [0, 0.1) is 0 Å². The van der Waals surface area contributed by atoms with Gasteiger partial charge in [0.05, 0.1) is 0 Å². The average molecular weight is 210 g/mol. The lowest BCUT2D eigenvalue weighted by molar-refractivity contribution is 0.743. The standard InChI is InChI=1S/C11H18N2O2/c1-4-5-6-7-12-8-9(13(2)3)11(15)10(8)14/h12H,4-7H2,1-3H3. The first-order chi connectivity index (χ1) is 7.09. The van der Waals surface area contributed by atoms with Crippen molar-refractivity contribution < 1.29 is 0 Å². The molecule has 0 bridgehead atoms. The van der Waals surface area contributed by atoms with Crippen molar-refractivity contribution in [1.82, 2.24) is 0 Å². The third-order valence-electron chi connectivity index (χ3n) is 2.41. The maximum Gasteiger partial charge on any atom is 0.253 e. The lowest BCUT2D eigenvalue weighted by atomic mass is 10.1. The number of hydrogen-bond donors (Lipinski definition) is 1. The van der Waals surface area contributed by atoms with Crippen molar-refractivity contribution in [3.8, 4) is 0 Å². The highest BCUT2D eigenvalue weighted by Gasteiger charge is 2.21. The second-order valence-electron chi connectivity index (χ2n) is 3.91. The van der Waals surface area contributed by atoms with E-state index < -0.39 is 0 Å². The highest BCUT2D eigenvalue weighted by Crippen LogP contribution is 2.16. The first-order valence-electron chi connectivity index (χ1n) is 5.34. The van der Waals surface area contributed by atoms with Crippen molar-refractivity contribution in [2.45, 2.75) is 26.2 Å². The number of unbranched alkanes of at least 4 members (excludes halogenated alkanes) is 2. The summed E-state index contributed by atoms with van der Waals surface area (Å²) >= 11 is 0. The third-order valence-corrected chi connectivity index (χ3v) is 2.41. The summed E-state index contributed by atoms with van der Waals surface area (Å²) in [7, 11) is 3.54. The minimum atomic E-state index is -0.379. The molecular weight excluding hydrogens is 192 g/mol. The number of nitrogens with zero attached hydrogens (tertiary/aromatic N) is 1. The van der Waals surface area contributed by atoms with Gasteiger partial charge in [-0.1, -0.05) is 19.8 Å². The van der Waals surface area contributed by atoms with Crippen LogP contribution in [0.25, 0.3) is 0 Å². The maximum atomic E-state index is 11.2. The summed E-state index contributed by atoms with van der Waals surface area (Å²) in [5.41, 5.74) is 0.241. The summed E-state index contributed by atoms with van der Waals surface area (Å²) in [6.45, 7) is 2.89. The molecule has 0 amide bonds. The normalized spacial score (nSPS) is 10.6. The second-order valence-corrected chi connectivity index (χ2v) is 3.91. The molecule has 4 nitrogen and oxygen atoms in total. The number of rotatable bonds is 6. The van der Waals surface area contributed by atoms with Gasteiger partial charge in [0, 0.05) is 20.6 Å². The highest BCUT2D eigenvalue weighted by atomic mass is 16.2. The topological polar surface area (TPSA) is 49.4 Å². The van der Waals surface area contributed by atoms with E-state index in [1.807, 2.05) is 0 Å². The van der Waals surface area contributed by atoms with Gasteiger partial charge in [0.1, 0.15) is 11.4 Å². The van der Waals surface area contributed by atoms with E-state index in [2.05, 4.69) is 12.2 Å². The Morgan fingerprint density at radius 2 is 1.80 bits per heavy atom. The summed E-state index contributed by atoms with van der Waals surface area (Å²) in [5.74, 6) is 0. The first-order valence-corrected chi connectivity index (χ1v) is 5.34. The molecule has 0 aliphatic carbocycles. The Balaban J connectivity index is 2.58. The largest absolute Gasteiger partial charge is 0.380 e. The fourth-order valence-corrected chi connectivity index (χ4v) is 1.56. The molecule has 0 aliphatic rings. The van der Waals surface area contributed by atoms with Crippen LogP contribution in [0.15, 0.2) is 9.59 Å². The minimum absolute atomic E-state index is 0.377. The maximum absolute atomic E-state index is 11.2. The fourth-order valence-electron chi connectivity index (χ4n) is 1.56. The van der Waals surface area contributed by atoms with E-state index in [-0.39, 0.29) is 10.9 Å². The van der Waals surface area contributed by atoms with Crippen molar-refractivity contribution in [3.63, 3.8) is 0 Å². The van der Waals surface area contributed by atoms with E-state index >= 15 is 0 Å². The second kappa shape index (κ2) is 4.96. The number of hydrogen-bond acceptors (Lipinski definition) is 4. The quantitative estimate of drug-likeness (QED) is 0.561. The molecular formula is C11H18N2O2. The number of anilines is 2. The molecule has 0 fully saturated rings. The van der Waals surface area contributed by atoms with E-state index in [0.29, 0.717) is 11.4 Å². The van der Waals surface area contributed by atoms with Gasteiger partial charge in [-0.3, -0.25) is 9.59 Å². The molecule has 15 heavy (non-hydrogen) atoms. The predicted octanol–water partition coefficient (Wildman–Crippen LogP) is 0.951. The molecule has 1 aromatic carbocycles. The molecule has 0 atom stereocenters. The Labute approximate surface area is 89.6 Å². The van der Waals surface area contributed by atoms with E-state index in [9.17, 15) is 9.59 Å². The van der Waals surface area contributed by atoms with Crippen LogP contribution >= 0.6 is 0 Å². The highest BCUT2D eigenvalue weighted by molar-refractivity contribution is 5.74. The van der Waals surface area contributed by atoms with Gasteiger partial charge >= 0.3 is 0 Å². The van der Waals surface area contributed by atoms with Crippen LogP contribution in [0.4, 0.5) is 11.4 Å². The van der Waals surface area contributed by atoms with Gasteiger partial charge in [-0.25, -0.2) is 0 Å². The first kappa shape index (κ1) is 11.8. The molecule has 0 spiro atoms. The lowest BCUT2D eigenvalue weighted by Crippen LogP contribution is -2.40. The Morgan fingerprint density at radius 1 is 1.13 bits per heavy atom. The van der Waals surface area contributed by atoms with Crippen LogP contribution in [0.3, 0.4) is 0 Å². The van der Waals surface area contributed by atoms with Gasteiger partial charge < -0.3 is 10.2 Å². The van der Waals surface area contributed by atoms with Crippen molar-refractivity contribution in [2.24, 2.45) is 0 Å². The Hall–Kier alpha value is -1.32. The molecule has 1 N–H and O–H groups in total. The Morgan fingerprint density at radius 3 is 2.33 bits per heavy atom. The van der Waals surface area contributed by atoms with Gasteiger partial charge in [-0.2, -0.15) is 0 Å². The van der Waals surface area contributed by atoms with Crippen molar-refractivity contribution >= 4 is 11.4 Å². The minimum Gasteiger partial charge on any atom is -0.380 e. The van der Waals surface area contributed by atoms with Gasteiger partial charge in [0.15, 0.2) is 0 Å². The summed E-state index contributed by atoms with van der Waals surface area (Å²) < 4.78 is 0. The zero-order valence-corrected chi connectivity index (χ0v) is 9.59. The average Bonchev–Trinajstić information content (AvgIpc) is 2.20. The van der Waals surface area contributed by atoms with E-state index in [4.69, 9.17) is 0 Å². The van der Waals surface area contributed by atoms with Gasteiger partial charge in [-0.15, -0.1) is 0 Å². The lowest BCUT2D eigenvalue weighted by Gasteiger charge is -2.19. The van der Waals surface area contributed by atoms with Crippen LogP contribution in [-0.4, -0.2) is 20.6 Å². The predicted molar refractivity (Wildman–Crippen MR) is 63.7 cm³/mol. The van der Waals surface area contributed by atoms with Crippen molar-refractivity contribution in [3.05, 3.63) is 20.4 Å². The Kier molecular flexibility index (Phi) is 3.88. The van der Waals surface area contributed by atoms with Crippen LogP contribution in [0.1, 0.15) is 26.2 Å². The van der Waals surface area contributed by atoms with Gasteiger partial charge in [-0.05, 0) is 6.42 Å². The Bertz CT molecular complexity index is 389. The molecule has 0 heterocycles. The van der Waals surface area contributed by atoms with E-state index in [1.165, 1.54) is 0 Å². The monoisotopic (exact) mass is 210 g/mol. The van der Waals surface area contributed by atoms with Gasteiger partial charge in [0.2, 0.25) is 0 Å². The molecule has 0 aliphatic heterocycles. The fraction of sp³-hybridized carbons (Fsp3) is 0.636. The van der Waals surface area contributed by atoms with Crippen molar-refractivity contribution in [1.29, 1.82) is 0 Å². The molecule has 0 saturated heterocycles. The molecule has 0 aromatic heterocycles. The molecule has 1 aromatic rings. The summed E-state index contributed by atoms with van der Waals surface area (Å²) in [6, 6.07) is 0. The summed E-state index contributed by atoms with van der Waals surface area (Å²) in [4.78, 5) is 24.1. The van der Waals surface area contributed by atoms with Crippen LogP contribution in [0.5, 0.6) is 0 Å². The molecule has 1 rings (SSSR count). The third kappa shape index (κ3) is 2.37. The summed E-state index contributed by atoms with van der Waals surface area (Å²) in [6.07, 6.45) is 3.32. The van der Waals surface area contributed by atoms with Crippen molar-refractivity contribution in [2.75, 3.05) is 30.9 Å². The smallest absolute Gasteiger partial charge is 0.253 e. The molecule has 0 radical (unpaired) electrons.